The van der Waals surface area contributed by atoms with Crippen molar-refractivity contribution >= 4 is 45.7 Å². The first-order valence-corrected chi connectivity index (χ1v) is 9.97. The highest BCUT2D eigenvalue weighted by molar-refractivity contribution is 6.31. The van der Waals surface area contributed by atoms with Crippen LogP contribution in [-0.2, 0) is 11.2 Å². The van der Waals surface area contributed by atoms with E-state index < -0.39 is 5.91 Å². The van der Waals surface area contributed by atoms with E-state index in [2.05, 4.69) is 21.7 Å². The number of nitrogens with one attached hydrogen (secondary N) is 3. The van der Waals surface area contributed by atoms with Gasteiger partial charge in [0.15, 0.2) is 5.76 Å². The Morgan fingerprint density at radius 3 is 2.70 bits per heavy atom. The Labute approximate surface area is 178 Å². The predicted octanol–water partition coefficient (Wildman–Crippen LogP) is 5.63. The molecule has 0 saturated heterocycles. The van der Waals surface area contributed by atoms with E-state index in [1.165, 1.54) is 17.2 Å². The molecule has 2 aromatic heterocycles. The van der Waals surface area contributed by atoms with Gasteiger partial charge in [-0.2, -0.15) is 0 Å². The summed E-state index contributed by atoms with van der Waals surface area (Å²) in [5.74, 6) is -0.381. The van der Waals surface area contributed by atoms with Gasteiger partial charge in [0, 0.05) is 28.5 Å². The number of amides is 2. The van der Waals surface area contributed by atoms with Crippen molar-refractivity contribution in [2.45, 2.75) is 19.3 Å². The molecule has 0 aliphatic carbocycles. The molecule has 3 N–H and O–H groups in total. The molecule has 0 aliphatic heterocycles. The molecule has 0 atom stereocenters. The number of hydrogen-bond donors (Lipinski definition) is 3. The van der Waals surface area contributed by atoms with Crippen molar-refractivity contribution in [2.24, 2.45) is 0 Å². The van der Waals surface area contributed by atoms with Crippen LogP contribution < -0.4 is 10.6 Å². The summed E-state index contributed by atoms with van der Waals surface area (Å²) >= 11 is 6.06. The summed E-state index contributed by atoms with van der Waals surface area (Å²) in [5, 5.41) is 7.20. The molecule has 0 saturated carbocycles. The molecule has 2 aromatic carbocycles. The first kappa shape index (κ1) is 19.8. The zero-order valence-electron chi connectivity index (χ0n) is 16.1. The van der Waals surface area contributed by atoms with E-state index in [1.54, 1.807) is 30.3 Å². The normalized spacial score (nSPS) is 10.8. The number of carbonyl (C=O) groups is 2. The molecule has 30 heavy (non-hydrogen) atoms. The summed E-state index contributed by atoms with van der Waals surface area (Å²) in [7, 11) is 0. The number of furan rings is 1. The second kappa shape index (κ2) is 8.88. The zero-order chi connectivity index (χ0) is 20.9. The molecule has 0 aliphatic rings. The Balaban J connectivity index is 1.37. The third-order valence-electron chi connectivity index (χ3n) is 4.77. The molecule has 0 spiro atoms. The van der Waals surface area contributed by atoms with Crippen molar-refractivity contribution < 1.29 is 14.0 Å². The molecule has 6 nitrogen and oxygen atoms in total. The third kappa shape index (κ3) is 4.55. The number of benzene rings is 2. The van der Waals surface area contributed by atoms with Gasteiger partial charge in [-0.25, -0.2) is 0 Å². The quantitative estimate of drug-likeness (QED) is 0.361. The van der Waals surface area contributed by atoms with E-state index in [0.29, 0.717) is 29.2 Å². The highest BCUT2D eigenvalue weighted by Crippen LogP contribution is 2.27. The minimum Gasteiger partial charge on any atom is -0.459 e. The van der Waals surface area contributed by atoms with E-state index in [0.717, 1.165) is 11.9 Å². The van der Waals surface area contributed by atoms with Crippen LogP contribution in [0.15, 0.2) is 71.5 Å². The van der Waals surface area contributed by atoms with E-state index >= 15 is 0 Å². The molecule has 2 amide bonds. The van der Waals surface area contributed by atoms with Crippen molar-refractivity contribution in [3.8, 4) is 0 Å². The molecular weight excluding hydrogens is 402 g/mol. The van der Waals surface area contributed by atoms with Crippen molar-refractivity contribution in [1.82, 2.24) is 4.98 Å². The van der Waals surface area contributed by atoms with Crippen LogP contribution in [0.5, 0.6) is 0 Å². The number of rotatable bonds is 7. The van der Waals surface area contributed by atoms with Crippen molar-refractivity contribution in [3.05, 3.63) is 83.4 Å². The Kier molecular flexibility index (Phi) is 5.86. The lowest BCUT2D eigenvalue weighted by Gasteiger charge is -2.12. The molecule has 2 heterocycles. The number of H-pyrrole nitrogens is 1. The number of aryl methyl sites for hydroxylation is 1. The number of halogens is 1. The van der Waals surface area contributed by atoms with Gasteiger partial charge in [-0.05, 0) is 54.8 Å². The fraction of sp³-hybridized carbons (Fsp3) is 0.130. The largest absolute Gasteiger partial charge is 0.459 e. The van der Waals surface area contributed by atoms with E-state index in [4.69, 9.17) is 16.0 Å². The lowest BCUT2D eigenvalue weighted by molar-refractivity contribution is -0.116. The smallest absolute Gasteiger partial charge is 0.291 e. The van der Waals surface area contributed by atoms with Crippen molar-refractivity contribution in [2.75, 3.05) is 10.6 Å². The number of hydrogen-bond acceptors (Lipinski definition) is 3. The Morgan fingerprint density at radius 2 is 1.87 bits per heavy atom. The number of carbonyl (C=O) groups excluding carboxylic acids is 2. The molecule has 0 unspecified atom stereocenters. The Hall–Kier alpha value is -3.51. The molecule has 7 heteroatoms. The topological polar surface area (TPSA) is 87.1 Å². The maximum Gasteiger partial charge on any atom is 0.291 e. The third-order valence-corrected chi connectivity index (χ3v) is 5.01. The molecule has 0 fully saturated rings. The van der Waals surface area contributed by atoms with Crippen LogP contribution >= 0.6 is 11.6 Å². The Morgan fingerprint density at radius 1 is 1.00 bits per heavy atom. The number of anilines is 2. The van der Waals surface area contributed by atoms with Gasteiger partial charge < -0.3 is 20.0 Å². The molecule has 4 aromatic rings. The molecule has 4 rings (SSSR count). The van der Waals surface area contributed by atoms with Crippen LogP contribution in [0, 0.1) is 0 Å². The van der Waals surface area contributed by atoms with Gasteiger partial charge in [-0.1, -0.05) is 29.8 Å². The molecule has 0 radical (unpaired) electrons. The number of aromatic amines is 1. The average Bonchev–Trinajstić information content (AvgIpc) is 3.41. The lowest BCUT2D eigenvalue weighted by Crippen LogP contribution is -2.16. The standard InChI is InChI=1S/C23H20ClN3O3/c24-16-10-11-19(20(13-16)27-23(29)21-8-4-12-30-21)26-22(28)9-3-5-15-14-25-18-7-2-1-6-17(15)18/h1-2,4,6-8,10-14,25H,3,5,9H2,(H,26,28)(H,27,29). The van der Waals surface area contributed by atoms with E-state index in [-0.39, 0.29) is 11.7 Å². The molecular formula is C23H20ClN3O3. The predicted molar refractivity (Wildman–Crippen MR) is 118 cm³/mol. The summed E-state index contributed by atoms with van der Waals surface area (Å²) < 4.78 is 5.10. The maximum absolute atomic E-state index is 12.5. The van der Waals surface area contributed by atoms with Crippen molar-refractivity contribution in [1.29, 1.82) is 0 Å². The summed E-state index contributed by atoms with van der Waals surface area (Å²) in [6.07, 6.45) is 5.26. The number of aromatic nitrogens is 1. The monoisotopic (exact) mass is 421 g/mol. The van der Waals surface area contributed by atoms with Gasteiger partial charge in [0.2, 0.25) is 5.91 Å². The van der Waals surface area contributed by atoms with Crippen LogP contribution in [0.2, 0.25) is 5.02 Å². The minimum absolute atomic E-state index is 0.134. The van der Waals surface area contributed by atoms with Crippen LogP contribution in [0.4, 0.5) is 11.4 Å². The van der Waals surface area contributed by atoms with Gasteiger partial charge in [-0.15, -0.1) is 0 Å². The molecule has 152 valence electrons. The van der Waals surface area contributed by atoms with Gasteiger partial charge in [0.05, 0.1) is 17.6 Å². The van der Waals surface area contributed by atoms with Gasteiger partial charge in [0.1, 0.15) is 0 Å². The summed E-state index contributed by atoms with van der Waals surface area (Å²) in [6.45, 7) is 0. The van der Waals surface area contributed by atoms with Crippen molar-refractivity contribution in [3.63, 3.8) is 0 Å². The molecule has 0 bridgehead atoms. The first-order chi connectivity index (χ1) is 14.6. The van der Waals surface area contributed by atoms with Crippen LogP contribution in [0.1, 0.15) is 29.0 Å². The zero-order valence-corrected chi connectivity index (χ0v) is 16.8. The highest BCUT2D eigenvalue weighted by atomic mass is 35.5. The highest BCUT2D eigenvalue weighted by Gasteiger charge is 2.14. The first-order valence-electron chi connectivity index (χ1n) is 9.59. The second-order valence-corrected chi connectivity index (χ2v) is 7.32. The van der Waals surface area contributed by atoms with E-state index in [9.17, 15) is 9.59 Å². The minimum atomic E-state index is -0.419. The second-order valence-electron chi connectivity index (χ2n) is 6.88. The average molecular weight is 422 g/mol. The SMILES string of the molecule is O=C(CCCc1c[nH]c2ccccc12)Nc1ccc(Cl)cc1NC(=O)c1ccco1. The van der Waals surface area contributed by atoms with Gasteiger partial charge in [-0.3, -0.25) is 9.59 Å². The van der Waals surface area contributed by atoms with Crippen LogP contribution in [-0.4, -0.2) is 16.8 Å². The van der Waals surface area contributed by atoms with Gasteiger partial charge in [0.25, 0.3) is 5.91 Å². The van der Waals surface area contributed by atoms with Crippen LogP contribution in [0.3, 0.4) is 0 Å². The number of fused-ring (bicyclic) bond motifs is 1. The number of para-hydroxylation sites is 1. The van der Waals surface area contributed by atoms with E-state index in [1.807, 2.05) is 24.4 Å². The lowest BCUT2D eigenvalue weighted by atomic mass is 10.1. The summed E-state index contributed by atoms with van der Waals surface area (Å²) in [6, 6.07) is 16.2. The fourth-order valence-electron chi connectivity index (χ4n) is 3.31. The Bertz CT molecular complexity index is 1180. The fourth-order valence-corrected chi connectivity index (χ4v) is 3.48. The summed E-state index contributed by atoms with van der Waals surface area (Å²) in [4.78, 5) is 28.0. The van der Waals surface area contributed by atoms with Gasteiger partial charge >= 0.3 is 0 Å². The maximum atomic E-state index is 12.5. The summed E-state index contributed by atoms with van der Waals surface area (Å²) in [5.41, 5.74) is 3.18. The van der Waals surface area contributed by atoms with Crippen LogP contribution in [0.25, 0.3) is 10.9 Å².